The van der Waals surface area contributed by atoms with Crippen LogP contribution in [0.1, 0.15) is 13.0 Å². The fourth-order valence-electron chi connectivity index (χ4n) is 2.27. The summed E-state index contributed by atoms with van der Waals surface area (Å²) in [4.78, 5) is 28.4. The summed E-state index contributed by atoms with van der Waals surface area (Å²) in [6, 6.07) is 11.0. The van der Waals surface area contributed by atoms with Crippen LogP contribution in [-0.4, -0.2) is 20.7 Å². The van der Waals surface area contributed by atoms with Gasteiger partial charge in [-0.3, -0.25) is 14.6 Å². The largest absolute Gasteiger partial charge is 0.324 e. The first-order chi connectivity index (χ1) is 12.0. The summed E-state index contributed by atoms with van der Waals surface area (Å²) in [6.45, 7) is 1.57. The van der Waals surface area contributed by atoms with Crippen molar-refractivity contribution in [3.8, 4) is 11.3 Å². The van der Waals surface area contributed by atoms with Crippen LogP contribution in [0.3, 0.4) is 0 Å². The van der Waals surface area contributed by atoms with Gasteiger partial charge in [0, 0.05) is 29.7 Å². The Morgan fingerprint density at radius 2 is 1.76 bits per heavy atom. The zero-order valence-electron chi connectivity index (χ0n) is 13.4. The predicted molar refractivity (Wildman–Crippen MR) is 91.5 cm³/mol. The quantitative estimate of drug-likeness (QED) is 0.793. The van der Waals surface area contributed by atoms with Crippen molar-refractivity contribution in [1.82, 2.24) is 14.8 Å². The fourth-order valence-corrected chi connectivity index (χ4v) is 2.27. The van der Waals surface area contributed by atoms with Gasteiger partial charge in [0.2, 0.25) is 5.91 Å². The minimum atomic E-state index is -0.834. The van der Waals surface area contributed by atoms with Gasteiger partial charge in [0.05, 0.1) is 5.69 Å². The van der Waals surface area contributed by atoms with Crippen molar-refractivity contribution >= 4 is 11.6 Å². The van der Waals surface area contributed by atoms with E-state index in [-0.39, 0.29) is 5.56 Å². The van der Waals surface area contributed by atoms with Crippen LogP contribution in [0, 0.1) is 5.82 Å². The number of nitrogens with one attached hydrogen (secondary N) is 1. The monoisotopic (exact) mass is 338 g/mol. The summed E-state index contributed by atoms with van der Waals surface area (Å²) in [5.74, 6) is -0.818. The van der Waals surface area contributed by atoms with Gasteiger partial charge in [-0.15, -0.1) is 0 Å². The Labute approximate surface area is 143 Å². The van der Waals surface area contributed by atoms with Crippen LogP contribution >= 0.6 is 0 Å². The van der Waals surface area contributed by atoms with Crippen LogP contribution < -0.4 is 10.9 Å². The highest BCUT2D eigenvalue weighted by Crippen LogP contribution is 2.15. The normalized spacial score (nSPS) is 11.8. The van der Waals surface area contributed by atoms with E-state index in [2.05, 4.69) is 15.4 Å². The number of carbonyl (C=O) groups is 1. The van der Waals surface area contributed by atoms with Gasteiger partial charge in [0.25, 0.3) is 5.56 Å². The van der Waals surface area contributed by atoms with E-state index in [0.717, 1.165) is 10.2 Å². The number of rotatable bonds is 4. The molecule has 0 spiro atoms. The summed E-state index contributed by atoms with van der Waals surface area (Å²) in [7, 11) is 0. The zero-order valence-corrected chi connectivity index (χ0v) is 13.4. The van der Waals surface area contributed by atoms with E-state index in [1.165, 1.54) is 30.3 Å². The van der Waals surface area contributed by atoms with Gasteiger partial charge < -0.3 is 5.32 Å². The number of anilines is 1. The summed E-state index contributed by atoms with van der Waals surface area (Å²) < 4.78 is 14.1. The molecule has 1 atom stereocenters. The molecule has 7 heteroatoms. The molecule has 0 saturated carbocycles. The molecule has 1 aromatic carbocycles. The molecule has 0 fully saturated rings. The first-order valence-electron chi connectivity index (χ1n) is 7.61. The Morgan fingerprint density at radius 1 is 1.08 bits per heavy atom. The molecule has 3 aromatic rings. The number of halogens is 1. The third-order valence-electron chi connectivity index (χ3n) is 3.66. The average molecular weight is 338 g/mol. The van der Waals surface area contributed by atoms with Crippen molar-refractivity contribution in [1.29, 1.82) is 0 Å². The van der Waals surface area contributed by atoms with E-state index in [4.69, 9.17) is 0 Å². The summed E-state index contributed by atoms with van der Waals surface area (Å²) in [5, 5.41) is 6.91. The molecule has 0 aliphatic carbocycles. The van der Waals surface area contributed by atoms with E-state index in [1.54, 1.807) is 37.5 Å². The second kappa shape index (κ2) is 7.04. The molecule has 2 heterocycles. The molecule has 3 rings (SSSR count). The van der Waals surface area contributed by atoms with E-state index < -0.39 is 17.8 Å². The minimum Gasteiger partial charge on any atom is -0.324 e. The number of nitrogens with zero attached hydrogens (tertiary/aromatic N) is 3. The fraction of sp³-hybridized carbons (Fsp3) is 0.111. The van der Waals surface area contributed by atoms with Gasteiger partial charge in [-0.1, -0.05) is 0 Å². The number of hydrogen-bond donors (Lipinski definition) is 1. The van der Waals surface area contributed by atoms with Crippen LogP contribution in [-0.2, 0) is 4.79 Å². The Bertz CT molecular complexity index is 939. The van der Waals surface area contributed by atoms with Crippen molar-refractivity contribution in [2.45, 2.75) is 13.0 Å². The van der Waals surface area contributed by atoms with Crippen LogP contribution in [0.25, 0.3) is 11.3 Å². The number of aromatic nitrogens is 3. The highest BCUT2D eigenvalue weighted by atomic mass is 19.1. The van der Waals surface area contributed by atoms with Crippen molar-refractivity contribution in [2.24, 2.45) is 0 Å². The lowest BCUT2D eigenvalue weighted by Crippen LogP contribution is -2.33. The van der Waals surface area contributed by atoms with Gasteiger partial charge in [-0.05, 0) is 49.4 Å². The maximum Gasteiger partial charge on any atom is 0.267 e. The second-order valence-corrected chi connectivity index (χ2v) is 5.41. The Hall–Kier alpha value is -3.35. The van der Waals surface area contributed by atoms with Gasteiger partial charge in [-0.2, -0.15) is 5.10 Å². The third-order valence-corrected chi connectivity index (χ3v) is 3.66. The van der Waals surface area contributed by atoms with Crippen molar-refractivity contribution in [2.75, 3.05) is 5.32 Å². The number of carbonyl (C=O) groups excluding carboxylic acids is 1. The lowest BCUT2D eigenvalue weighted by Gasteiger charge is -2.15. The van der Waals surface area contributed by atoms with E-state index >= 15 is 0 Å². The Balaban J connectivity index is 1.86. The number of pyridine rings is 1. The standard InChI is InChI=1S/C18H15FN4O2/c1-12(18(25)21-15-4-2-14(19)3-5-15)23-17(24)7-6-16(22-23)13-8-10-20-11-9-13/h2-12H,1H3,(H,21,25). The summed E-state index contributed by atoms with van der Waals surface area (Å²) >= 11 is 0. The highest BCUT2D eigenvalue weighted by molar-refractivity contribution is 5.93. The number of hydrogen-bond acceptors (Lipinski definition) is 4. The number of amides is 1. The first kappa shape index (κ1) is 16.5. The molecular formula is C18H15FN4O2. The molecular weight excluding hydrogens is 323 g/mol. The minimum absolute atomic E-state index is 0.389. The highest BCUT2D eigenvalue weighted by Gasteiger charge is 2.18. The van der Waals surface area contributed by atoms with E-state index in [0.29, 0.717) is 11.4 Å². The maximum absolute atomic E-state index is 12.9. The van der Waals surface area contributed by atoms with E-state index in [9.17, 15) is 14.0 Å². The van der Waals surface area contributed by atoms with Gasteiger partial charge in [-0.25, -0.2) is 9.07 Å². The summed E-state index contributed by atoms with van der Waals surface area (Å²) in [5.41, 5.74) is 1.40. The smallest absolute Gasteiger partial charge is 0.267 e. The third kappa shape index (κ3) is 3.77. The first-order valence-corrected chi connectivity index (χ1v) is 7.61. The molecule has 0 saturated heterocycles. The predicted octanol–water partition coefficient (Wildman–Crippen LogP) is 2.64. The van der Waals surface area contributed by atoms with Crippen LogP contribution in [0.2, 0.25) is 0 Å². The summed E-state index contributed by atoms with van der Waals surface area (Å²) in [6.07, 6.45) is 3.24. The molecule has 0 radical (unpaired) electrons. The van der Waals surface area contributed by atoms with E-state index in [1.807, 2.05) is 0 Å². The van der Waals surface area contributed by atoms with Gasteiger partial charge >= 0.3 is 0 Å². The molecule has 126 valence electrons. The average Bonchev–Trinajstić information content (AvgIpc) is 2.64. The number of benzene rings is 1. The molecule has 0 bridgehead atoms. The Kier molecular flexibility index (Phi) is 4.65. The lowest BCUT2D eigenvalue weighted by molar-refractivity contribution is -0.119. The van der Waals surface area contributed by atoms with Crippen LogP contribution in [0.4, 0.5) is 10.1 Å². The Morgan fingerprint density at radius 3 is 2.44 bits per heavy atom. The van der Waals surface area contributed by atoms with Crippen molar-refractivity contribution in [3.63, 3.8) is 0 Å². The zero-order chi connectivity index (χ0) is 17.8. The molecule has 1 N–H and O–H groups in total. The van der Waals surface area contributed by atoms with Crippen molar-refractivity contribution in [3.05, 3.63) is 77.1 Å². The molecule has 0 aliphatic rings. The molecule has 2 aromatic heterocycles. The maximum atomic E-state index is 12.9. The molecule has 0 aliphatic heterocycles. The van der Waals surface area contributed by atoms with Gasteiger partial charge in [0.15, 0.2) is 0 Å². The molecule has 1 unspecified atom stereocenters. The topological polar surface area (TPSA) is 76.9 Å². The van der Waals surface area contributed by atoms with Crippen LogP contribution in [0.5, 0.6) is 0 Å². The van der Waals surface area contributed by atoms with Crippen LogP contribution in [0.15, 0.2) is 65.7 Å². The second-order valence-electron chi connectivity index (χ2n) is 5.41. The molecule has 25 heavy (non-hydrogen) atoms. The van der Waals surface area contributed by atoms with Gasteiger partial charge in [0.1, 0.15) is 11.9 Å². The molecule has 1 amide bonds. The molecule has 6 nitrogen and oxygen atoms in total. The SMILES string of the molecule is CC(C(=O)Nc1ccc(F)cc1)n1nc(-c2ccncc2)ccc1=O. The van der Waals surface area contributed by atoms with Crippen molar-refractivity contribution < 1.29 is 9.18 Å². The lowest BCUT2D eigenvalue weighted by atomic mass is 10.2.